The van der Waals surface area contributed by atoms with Gasteiger partial charge in [0.1, 0.15) is 17.0 Å². The smallest absolute Gasteiger partial charge is 0.357 e. The van der Waals surface area contributed by atoms with Crippen LogP contribution in [0.4, 0.5) is 0 Å². The van der Waals surface area contributed by atoms with Crippen LogP contribution in [0, 0.1) is 0 Å². The van der Waals surface area contributed by atoms with Gasteiger partial charge in [0, 0.05) is 0 Å². The van der Waals surface area contributed by atoms with Crippen LogP contribution in [0.2, 0.25) is 5.02 Å². The van der Waals surface area contributed by atoms with E-state index in [4.69, 9.17) is 25.8 Å². The first kappa shape index (κ1) is 20.9. The van der Waals surface area contributed by atoms with Gasteiger partial charge in [-0.2, -0.15) is 5.10 Å². The van der Waals surface area contributed by atoms with E-state index in [0.717, 1.165) is 0 Å². The summed E-state index contributed by atoms with van der Waals surface area (Å²) in [4.78, 5) is 25.3. The van der Waals surface area contributed by atoms with E-state index in [1.807, 2.05) is 6.07 Å². The molecule has 1 aromatic heterocycles. The highest BCUT2D eigenvalue weighted by molar-refractivity contribution is 9.10. The monoisotopic (exact) mass is 478 g/mol. The molecule has 0 aliphatic rings. The SMILES string of the molecule is COC(=O)c1c(-c2c(Cl)ccc(Br)c2OC)nn(-c2ccccc2)c1C(=O)OC. The van der Waals surface area contributed by atoms with Gasteiger partial charge in [-0.1, -0.05) is 29.8 Å². The predicted octanol–water partition coefficient (Wildman–Crippen LogP) is 4.54. The third kappa shape index (κ3) is 3.73. The van der Waals surface area contributed by atoms with Crippen molar-refractivity contribution < 1.29 is 23.8 Å². The van der Waals surface area contributed by atoms with E-state index in [-0.39, 0.29) is 22.0 Å². The standard InChI is InChI=1S/C20H16BrClN2O5/c1-27-18-12(21)9-10-13(22)14(18)16-15(19(25)28-2)17(20(26)29-3)24(23-16)11-7-5-4-6-8-11/h4-10H,1-3H3. The number of rotatable bonds is 5. The number of benzene rings is 2. The lowest BCUT2D eigenvalue weighted by Gasteiger charge is -2.11. The van der Waals surface area contributed by atoms with Crippen LogP contribution in [-0.4, -0.2) is 43.0 Å². The minimum absolute atomic E-state index is 0.0819. The molecule has 1 heterocycles. The molecule has 3 rings (SSSR count). The number of nitrogens with zero attached hydrogens (tertiary/aromatic N) is 2. The molecule has 0 aliphatic carbocycles. The zero-order valence-electron chi connectivity index (χ0n) is 15.7. The fraction of sp³-hybridized carbons (Fsp3) is 0.150. The molecule has 0 amide bonds. The highest BCUT2D eigenvalue weighted by Crippen LogP contribution is 2.43. The van der Waals surface area contributed by atoms with Crippen molar-refractivity contribution in [2.45, 2.75) is 0 Å². The molecule has 0 saturated carbocycles. The summed E-state index contributed by atoms with van der Waals surface area (Å²) in [5.74, 6) is -1.16. The molecule has 3 aromatic rings. The van der Waals surface area contributed by atoms with E-state index in [1.54, 1.807) is 36.4 Å². The average Bonchev–Trinajstić information content (AvgIpc) is 3.14. The van der Waals surface area contributed by atoms with Crippen LogP contribution in [0.1, 0.15) is 20.8 Å². The maximum Gasteiger partial charge on any atom is 0.357 e. The second-order valence-corrected chi connectivity index (χ2v) is 7.00. The number of hydrogen-bond donors (Lipinski definition) is 0. The van der Waals surface area contributed by atoms with Crippen molar-refractivity contribution in [2.75, 3.05) is 21.3 Å². The predicted molar refractivity (Wildman–Crippen MR) is 111 cm³/mol. The van der Waals surface area contributed by atoms with Crippen molar-refractivity contribution in [3.63, 3.8) is 0 Å². The lowest BCUT2D eigenvalue weighted by Crippen LogP contribution is -2.15. The Kier molecular flexibility index (Phi) is 6.24. The Bertz CT molecular complexity index is 1080. The number of methoxy groups -OCH3 is 3. The van der Waals surface area contributed by atoms with Crippen LogP contribution in [0.5, 0.6) is 5.75 Å². The van der Waals surface area contributed by atoms with E-state index in [9.17, 15) is 9.59 Å². The van der Waals surface area contributed by atoms with Crippen molar-refractivity contribution in [1.82, 2.24) is 9.78 Å². The third-order valence-electron chi connectivity index (χ3n) is 4.15. The van der Waals surface area contributed by atoms with Gasteiger partial charge in [0.05, 0.1) is 42.1 Å². The zero-order chi connectivity index (χ0) is 21.1. The molecule has 0 unspecified atom stereocenters. The number of halogens is 2. The third-order valence-corrected chi connectivity index (χ3v) is 5.09. The van der Waals surface area contributed by atoms with E-state index in [2.05, 4.69) is 21.0 Å². The van der Waals surface area contributed by atoms with E-state index in [0.29, 0.717) is 21.5 Å². The number of carbonyl (C=O) groups is 2. The van der Waals surface area contributed by atoms with Crippen LogP contribution in [0.15, 0.2) is 46.9 Å². The number of hydrogen-bond acceptors (Lipinski definition) is 6. The van der Waals surface area contributed by atoms with Gasteiger partial charge in [0.2, 0.25) is 0 Å². The summed E-state index contributed by atoms with van der Waals surface area (Å²) in [6.45, 7) is 0. The Morgan fingerprint density at radius 3 is 2.24 bits per heavy atom. The van der Waals surface area contributed by atoms with Gasteiger partial charge in [0.15, 0.2) is 5.69 Å². The molecule has 0 atom stereocenters. The van der Waals surface area contributed by atoms with Crippen molar-refractivity contribution in [3.05, 3.63) is 63.2 Å². The van der Waals surface area contributed by atoms with Crippen LogP contribution in [-0.2, 0) is 9.47 Å². The fourth-order valence-corrected chi connectivity index (χ4v) is 3.61. The Labute approximate surface area is 180 Å². The first-order valence-corrected chi connectivity index (χ1v) is 9.49. The molecule has 9 heteroatoms. The van der Waals surface area contributed by atoms with Crippen LogP contribution >= 0.6 is 27.5 Å². The van der Waals surface area contributed by atoms with Gasteiger partial charge in [-0.15, -0.1) is 0 Å². The Balaban J connectivity index is 2.46. The molecule has 0 spiro atoms. The number of para-hydroxylation sites is 1. The quantitative estimate of drug-likeness (QED) is 0.500. The van der Waals surface area contributed by atoms with Gasteiger partial charge in [-0.05, 0) is 40.2 Å². The van der Waals surface area contributed by atoms with Crippen LogP contribution in [0.3, 0.4) is 0 Å². The highest BCUT2D eigenvalue weighted by Gasteiger charge is 2.33. The molecule has 0 bridgehead atoms. The molecule has 150 valence electrons. The van der Waals surface area contributed by atoms with Crippen molar-refractivity contribution in [2.24, 2.45) is 0 Å². The van der Waals surface area contributed by atoms with Gasteiger partial charge < -0.3 is 14.2 Å². The second-order valence-electron chi connectivity index (χ2n) is 5.74. The molecule has 0 N–H and O–H groups in total. The van der Waals surface area contributed by atoms with Crippen molar-refractivity contribution in [3.8, 4) is 22.7 Å². The molecule has 0 aliphatic heterocycles. The van der Waals surface area contributed by atoms with Crippen LogP contribution < -0.4 is 4.74 Å². The summed E-state index contributed by atoms with van der Waals surface area (Å²) in [5.41, 5.74) is 0.850. The second kappa shape index (κ2) is 8.67. The molecule has 7 nitrogen and oxygen atoms in total. The Morgan fingerprint density at radius 2 is 1.66 bits per heavy atom. The summed E-state index contributed by atoms with van der Waals surface area (Å²) in [6, 6.07) is 12.2. The topological polar surface area (TPSA) is 79.7 Å². The van der Waals surface area contributed by atoms with E-state index < -0.39 is 11.9 Å². The molecule has 29 heavy (non-hydrogen) atoms. The number of carbonyl (C=O) groups excluding carboxylic acids is 2. The first-order valence-electron chi connectivity index (χ1n) is 8.32. The first-order chi connectivity index (χ1) is 13.9. The minimum Gasteiger partial charge on any atom is -0.495 e. The van der Waals surface area contributed by atoms with E-state index >= 15 is 0 Å². The number of aromatic nitrogens is 2. The summed E-state index contributed by atoms with van der Waals surface area (Å²) >= 11 is 9.84. The van der Waals surface area contributed by atoms with Gasteiger partial charge in [-0.25, -0.2) is 14.3 Å². The van der Waals surface area contributed by atoms with Gasteiger partial charge in [-0.3, -0.25) is 0 Å². The number of ether oxygens (including phenoxy) is 3. The minimum atomic E-state index is -0.763. The fourth-order valence-electron chi connectivity index (χ4n) is 2.88. The Hall–Kier alpha value is -2.84. The summed E-state index contributed by atoms with van der Waals surface area (Å²) in [5, 5.41) is 4.81. The normalized spacial score (nSPS) is 10.5. The largest absolute Gasteiger partial charge is 0.495 e. The van der Waals surface area contributed by atoms with E-state index in [1.165, 1.54) is 26.0 Å². The highest BCUT2D eigenvalue weighted by atomic mass is 79.9. The molecular weight excluding hydrogens is 464 g/mol. The van der Waals surface area contributed by atoms with Crippen molar-refractivity contribution >= 4 is 39.5 Å². The van der Waals surface area contributed by atoms with Gasteiger partial charge in [0.25, 0.3) is 0 Å². The molecule has 0 fully saturated rings. The molecule has 0 radical (unpaired) electrons. The lowest BCUT2D eigenvalue weighted by atomic mass is 10.0. The lowest BCUT2D eigenvalue weighted by molar-refractivity contribution is 0.0549. The zero-order valence-corrected chi connectivity index (χ0v) is 18.1. The summed E-state index contributed by atoms with van der Waals surface area (Å²) in [6.07, 6.45) is 0. The summed E-state index contributed by atoms with van der Waals surface area (Å²) in [7, 11) is 3.90. The van der Waals surface area contributed by atoms with Gasteiger partial charge >= 0.3 is 11.9 Å². The Morgan fingerprint density at radius 1 is 1.00 bits per heavy atom. The maximum atomic E-state index is 12.7. The molecular formula is C20H16BrClN2O5. The average molecular weight is 480 g/mol. The summed E-state index contributed by atoms with van der Waals surface area (Å²) < 4.78 is 17.2. The maximum absolute atomic E-state index is 12.7. The van der Waals surface area contributed by atoms with Crippen molar-refractivity contribution in [1.29, 1.82) is 0 Å². The molecule has 0 saturated heterocycles. The van der Waals surface area contributed by atoms with Crippen LogP contribution in [0.25, 0.3) is 16.9 Å². The number of esters is 2. The molecule has 2 aromatic carbocycles.